The van der Waals surface area contributed by atoms with Gasteiger partial charge in [0, 0.05) is 32.0 Å². The first-order chi connectivity index (χ1) is 22.9. The van der Waals surface area contributed by atoms with Crippen LogP contribution in [0.4, 0.5) is 9.59 Å². The maximum absolute atomic E-state index is 13.3. The molecule has 2 aromatic rings. The number of benzene rings is 2. The zero-order chi connectivity index (χ0) is 35.1. The van der Waals surface area contributed by atoms with Crippen molar-refractivity contribution in [3.8, 4) is 0 Å². The summed E-state index contributed by atoms with van der Waals surface area (Å²) in [5.74, 6) is -4.11. The van der Waals surface area contributed by atoms with Crippen LogP contribution in [-0.2, 0) is 25.6 Å². The fraction of sp³-hybridized carbons (Fsp3) is 0.515. The lowest BCUT2D eigenvalue weighted by Gasteiger charge is -2.26. The molecule has 1 saturated carbocycles. The first kappa shape index (κ1) is 37.5. The summed E-state index contributed by atoms with van der Waals surface area (Å²) < 4.78 is 0. The molecule has 0 unspecified atom stereocenters. The van der Waals surface area contributed by atoms with Crippen LogP contribution < -0.4 is 32.3 Å². The van der Waals surface area contributed by atoms with E-state index in [1.54, 1.807) is 0 Å². The Morgan fingerprint density at radius 1 is 0.729 bits per heavy atom. The molecule has 2 aromatic carbocycles. The lowest BCUT2D eigenvalue weighted by atomic mass is 9.86. The highest BCUT2D eigenvalue weighted by molar-refractivity contribution is 5.88. The molecule has 1 aliphatic rings. The first-order valence-corrected chi connectivity index (χ1v) is 16.2. The Kier molecular flexibility index (Phi) is 14.9. The van der Waals surface area contributed by atoms with E-state index in [2.05, 4.69) is 26.6 Å². The van der Waals surface area contributed by atoms with Crippen LogP contribution >= 0.6 is 0 Å². The van der Waals surface area contributed by atoms with Crippen molar-refractivity contribution in [1.29, 1.82) is 0 Å². The van der Waals surface area contributed by atoms with Gasteiger partial charge in [0.1, 0.15) is 18.1 Å². The maximum Gasteiger partial charge on any atom is 0.326 e. The SMILES string of the molecule is NC1CCC(CNC(=O)N[C@@H](Cc2ccc3ccccc3c2)C(=O)NCCCC[C@H](NC(=O)N[C@@H](CCC(=O)O)C(=O)O)C(=O)O)CC1. The van der Waals surface area contributed by atoms with Gasteiger partial charge < -0.3 is 47.6 Å². The van der Waals surface area contributed by atoms with E-state index in [-0.39, 0.29) is 38.3 Å². The van der Waals surface area contributed by atoms with Crippen LogP contribution in [0.15, 0.2) is 42.5 Å². The Labute approximate surface area is 278 Å². The number of hydrogen-bond acceptors (Lipinski definition) is 7. The number of nitrogens with two attached hydrogens (primary N) is 1. The molecule has 3 rings (SSSR count). The number of rotatable bonds is 18. The molecule has 1 fully saturated rings. The molecule has 10 N–H and O–H groups in total. The second-order valence-corrected chi connectivity index (χ2v) is 12.2. The van der Waals surface area contributed by atoms with E-state index in [0.717, 1.165) is 42.0 Å². The van der Waals surface area contributed by atoms with Crippen LogP contribution in [0.2, 0.25) is 0 Å². The summed E-state index contributed by atoms with van der Waals surface area (Å²) in [6.45, 7) is 0.659. The van der Waals surface area contributed by atoms with Gasteiger partial charge in [0.2, 0.25) is 5.91 Å². The second kappa shape index (κ2) is 19.0. The van der Waals surface area contributed by atoms with Crippen LogP contribution in [0.25, 0.3) is 10.8 Å². The fourth-order valence-electron chi connectivity index (χ4n) is 5.60. The van der Waals surface area contributed by atoms with E-state index in [1.165, 1.54) is 0 Å². The molecular weight excluding hydrogens is 624 g/mol. The Hall–Kier alpha value is -4.92. The van der Waals surface area contributed by atoms with Crippen LogP contribution in [0.5, 0.6) is 0 Å². The van der Waals surface area contributed by atoms with Crippen molar-refractivity contribution in [2.75, 3.05) is 13.1 Å². The van der Waals surface area contributed by atoms with Gasteiger partial charge in [0.25, 0.3) is 0 Å². The Balaban J connectivity index is 1.52. The van der Waals surface area contributed by atoms with E-state index in [0.29, 0.717) is 18.9 Å². The van der Waals surface area contributed by atoms with Crippen molar-refractivity contribution in [3.05, 3.63) is 48.0 Å². The van der Waals surface area contributed by atoms with Crippen molar-refractivity contribution in [3.63, 3.8) is 0 Å². The van der Waals surface area contributed by atoms with E-state index < -0.39 is 60.4 Å². The summed E-state index contributed by atoms with van der Waals surface area (Å²) in [7, 11) is 0. The Morgan fingerprint density at radius 3 is 2.00 bits per heavy atom. The van der Waals surface area contributed by atoms with Gasteiger partial charge in [-0.15, -0.1) is 0 Å². The number of hydrogen-bond donors (Lipinski definition) is 9. The van der Waals surface area contributed by atoms with Crippen molar-refractivity contribution in [1.82, 2.24) is 26.6 Å². The smallest absolute Gasteiger partial charge is 0.326 e. The van der Waals surface area contributed by atoms with Crippen molar-refractivity contribution in [2.24, 2.45) is 11.7 Å². The number of fused-ring (bicyclic) bond motifs is 1. The summed E-state index contributed by atoms with van der Waals surface area (Å²) in [6.07, 6.45) is 3.69. The monoisotopic (exact) mass is 670 g/mol. The van der Waals surface area contributed by atoms with Gasteiger partial charge in [-0.2, -0.15) is 0 Å². The molecule has 0 spiro atoms. The Morgan fingerprint density at radius 2 is 1.35 bits per heavy atom. The molecule has 15 heteroatoms. The molecule has 0 radical (unpaired) electrons. The molecule has 3 atom stereocenters. The third-order valence-electron chi connectivity index (χ3n) is 8.39. The summed E-state index contributed by atoms with van der Waals surface area (Å²) in [5.41, 5.74) is 6.84. The predicted molar refractivity (Wildman–Crippen MR) is 176 cm³/mol. The summed E-state index contributed by atoms with van der Waals surface area (Å²) in [6, 6.07) is 8.61. The van der Waals surface area contributed by atoms with Crippen molar-refractivity contribution >= 4 is 46.6 Å². The number of carbonyl (C=O) groups excluding carboxylic acids is 3. The highest BCUT2D eigenvalue weighted by atomic mass is 16.4. The normalized spacial score (nSPS) is 17.7. The van der Waals surface area contributed by atoms with Gasteiger partial charge in [-0.1, -0.05) is 42.5 Å². The average Bonchev–Trinajstić information content (AvgIpc) is 3.04. The molecule has 262 valence electrons. The fourth-order valence-corrected chi connectivity index (χ4v) is 5.60. The molecule has 0 saturated heterocycles. The quantitative estimate of drug-likeness (QED) is 0.104. The lowest BCUT2D eigenvalue weighted by Crippen LogP contribution is -2.52. The van der Waals surface area contributed by atoms with E-state index in [1.807, 2.05) is 42.5 Å². The summed E-state index contributed by atoms with van der Waals surface area (Å²) in [5, 5.41) is 42.3. The number of aliphatic carboxylic acids is 3. The summed E-state index contributed by atoms with van der Waals surface area (Å²) in [4.78, 5) is 72.1. The minimum atomic E-state index is -1.50. The van der Waals surface area contributed by atoms with Crippen molar-refractivity contribution in [2.45, 2.75) is 88.4 Å². The Bertz CT molecular complexity index is 1430. The van der Waals surface area contributed by atoms with E-state index in [9.17, 15) is 39.0 Å². The molecule has 48 heavy (non-hydrogen) atoms. The topological polar surface area (TPSA) is 249 Å². The van der Waals surface area contributed by atoms with Gasteiger partial charge >= 0.3 is 30.0 Å². The molecule has 0 aliphatic heterocycles. The highest BCUT2D eigenvalue weighted by Gasteiger charge is 2.26. The van der Waals surface area contributed by atoms with E-state index in [4.69, 9.17) is 10.8 Å². The zero-order valence-corrected chi connectivity index (χ0v) is 26.8. The minimum Gasteiger partial charge on any atom is -0.481 e. The molecule has 1 aliphatic carbocycles. The number of carboxylic acids is 3. The van der Waals surface area contributed by atoms with Crippen LogP contribution in [0.3, 0.4) is 0 Å². The summed E-state index contributed by atoms with van der Waals surface area (Å²) >= 11 is 0. The molecule has 0 heterocycles. The van der Waals surface area contributed by atoms with Crippen molar-refractivity contribution < 1.29 is 44.1 Å². The second-order valence-electron chi connectivity index (χ2n) is 12.2. The minimum absolute atomic E-state index is 0.0151. The van der Waals surface area contributed by atoms with E-state index >= 15 is 0 Å². The largest absolute Gasteiger partial charge is 0.481 e. The number of nitrogens with one attached hydrogen (secondary N) is 5. The van der Waals surface area contributed by atoms with Gasteiger partial charge in [-0.3, -0.25) is 9.59 Å². The molecule has 5 amide bonds. The zero-order valence-electron chi connectivity index (χ0n) is 26.8. The number of carboxylic acid groups (broad SMARTS) is 3. The molecule has 0 aromatic heterocycles. The van der Waals surface area contributed by atoms with Gasteiger partial charge in [-0.25, -0.2) is 19.2 Å². The number of unbranched alkanes of at least 4 members (excludes halogenated alkanes) is 1. The first-order valence-electron chi connectivity index (χ1n) is 16.2. The maximum atomic E-state index is 13.3. The standard InChI is InChI=1S/C33H46N6O9/c34-24-12-9-20(10-13-24)19-36-32(47)39-27(18-21-8-11-22-5-1-2-6-23(22)17-21)29(42)35-16-4-3-7-25(30(43)44)37-33(48)38-26(31(45)46)14-15-28(40)41/h1-2,5-6,8,11,17,20,24-27H,3-4,7,9-10,12-16,18-19,34H2,(H,35,42)(H,40,41)(H,43,44)(H,45,46)(H2,36,39,47)(H2,37,38,48)/t20?,24?,25-,26-,27-/m0/s1. The van der Waals surface area contributed by atoms with Crippen LogP contribution in [0.1, 0.15) is 63.4 Å². The highest BCUT2D eigenvalue weighted by Crippen LogP contribution is 2.22. The average molecular weight is 671 g/mol. The van der Waals surface area contributed by atoms with Gasteiger partial charge in [-0.05, 0) is 73.6 Å². The number of urea groups is 2. The van der Waals surface area contributed by atoms with Crippen LogP contribution in [-0.4, -0.2) is 88.5 Å². The third kappa shape index (κ3) is 13.1. The molecule has 0 bridgehead atoms. The third-order valence-corrected chi connectivity index (χ3v) is 8.39. The van der Waals surface area contributed by atoms with Crippen LogP contribution in [0, 0.1) is 5.92 Å². The molecule has 15 nitrogen and oxygen atoms in total. The number of carbonyl (C=O) groups is 6. The lowest BCUT2D eigenvalue weighted by molar-refractivity contribution is -0.140. The predicted octanol–water partition coefficient (Wildman–Crippen LogP) is 1.92. The number of amides is 5. The molecular formula is C33H46N6O9. The van der Waals surface area contributed by atoms with Gasteiger partial charge in [0.15, 0.2) is 0 Å². The van der Waals surface area contributed by atoms with Gasteiger partial charge in [0.05, 0.1) is 0 Å².